The van der Waals surface area contributed by atoms with Gasteiger partial charge in [0.2, 0.25) is 0 Å². The summed E-state index contributed by atoms with van der Waals surface area (Å²) in [5, 5.41) is 12.6. The summed E-state index contributed by atoms with van der Waals surface area (Å²) in [5.74, 6) is -0.492. The van der Waals surface area contributed by atoms with E-state index in [-0.39, 0.29) is 5.02 Å². The van der Waals surface area contributed by atoms with Crippen molar-refractivity contribution in [2.24, 2.45) is 0 Å². The van der Waals surface area contributed by atoms with E-state index >= 15 is 0 Å². The molecular weight excluding hydrogens is 355 g/mol. The van der Waals surface area contributed by atoms with Crippen molar-refractivity contribution in [2.75, 3.05) is 0 Å². The van der Waals surface area contributed by atoms with Gasteiger partial charge in [-0.2, -0.15) is 0 Å². The average Bonchev–Trinajstić information content (AvgIpc) is 2.50. The van der Waals surface area contributed by atoms with Crippen LogP contribution in [0.15, 0.2) is 59.1 Å². The van der Waals surface area contributed by atoms with E-state index in [4.69, 9.17) is 11.6 Å². The number of hydrogen-bond acceptors (Lipinski definition) is 1. The quantitative estimate of drug-likeness (QED) is 0.638. The van der Waals surface area contributed by atoms with Gasteiger partial charge in [-0.05, 0) is 40.1 Å². The largest absolute Gasteiger partial charge is 0.384 e. The summed E-state index contributed by atoms with van der Waals surface area (Å²) in [6.07, 6.45) is -0.860. The lowest BCUT2D eigenvalue weighted by Gasteiger charge is -2.15. The Balaban J connectivity index is 2.15. The highest BCUT2D eigenvalue weighted by molar-refractivity contribution is 9.10. The van der Waals surface area contributed by atoms with Gasteiger partial charge in [-0.25, -0.2) is 4.39 Å². The summed E-state index contributed by atoms with van der Waals surface area (Å²) in [5.41, 5.74) is 1.32. The molecule has 0 saturated carbocycles. The van der Waals surface area contributed by atoms with E-state index in [2.05, 4.69) is 15.9 Å². The number of benzene rings is 3. The van der Waals surface area contributed by atoms with E-state index in [1.165, 1.54) is 12.1 Å². The number of rotatable bonds is 2. The molecule has 0 saturated heterocycles. The zero-order valence-corrected chi connectivity index (χ0v) is 13.2. The van der Waals surface area contributed by atoms with Crippen LogP contribution >= 0.6 is 27.5 Å². The molecule has 0 aromatic heterocycles. The Morgan fingerprint density at radius 1 is 1.00 bits per heavy atom. The monoisotopic (exact) mass is 364 g/mol. The third-order valence-electron chi connectivity index (χ3n) is 3.46. The zero-order valence-electron chi connectivity index (χ0n) is 10.9. The molecule has 0 amide bonds. The van der Waals surface area contributed by atoms with E-state index in [9.17, 15) is 9.50 Å². The number of halogens is 3. The van der Waals surface area contributed by atoms with Crippen LogP contribution in [0.3, 0.4) is 0 Å². The number of hydrogen-bond donors (Lipinski definition) is 1. The van der Waals surface area contributed by atoms with Crippen LogP contribution in [0.1, 0.15) is 17.2 Å². The predicted molar refractivity (Wildman–Crippen MR) is 87.1 cm³/mol. The highest BCUT2D eigenvalue weighted by Gasteiger charge is 2.15. The normalized spacial score (nSPS) is 12.6. The zero-order chi connectivity index (χ0) is 15.0. The van der Waals surface area contributed by atoms with Crippen LogP contribution in [-0.4, -0.2) is 5.11 Å². The van der Waals surface area contributed by atoms with E-state index in [0.717, 1.165) is 20.8 Å². The standard InChI is InChI=1S/C17H11BrClFO/c18-14-7-6-13(11-3-1-2-4-12(11)14)17(21)10-5-8-16(20)15(19)9-10/h1-9,17,21H. The molecule has 0 radical (unpaired) electrons. The molecule has 0 aliphatic rings. The average molecular weight is 366 g/mol. The Morgan fingerprint density at radius 3 is 2.43 bits per heavy atom. The minimum atomic E-state index is -0.860. The molecule has 0 aliphatic carbocycles. The van der Waals surface area contributed by atoms with E-state index in [1.54, 1.807) is 6.07 Å². The van der Waals surface area contributed by atoms with Gasteiger partial charge in [0.1, 0.15) is 11.9 Å². The van der Waals surface area contributed by atoms with Gasteiger partial charge in [-0.15, -0.1) is 0 Å². The van der Waals surface area contributed by atoms with Gasteiger partial charge in [0, 0.05) is 4.47 Å². The lowest BCUT2D eigenvalue weighted by atomic mass is 9.96. The van der Waals surface area contributed by atoms with E-state index in [1.807, 2.05) is 36.4 Å². The minimum Gasteiger partial charge on any atom is -0.384 e. The lowest BCUT2D eigenvalue weighted by Crippen LogP contribution is -2.01. The maximum absolute atomic E-state index is 13.3. The predicted octanol–water partition coefficient (Wildman–Crippen LogP) is 5.48. The van der Waals surface area contributed by atoms with Crippen molar-refractivity contribution in [1.82, 2.24) is 0 Å². The van der Waals surface area contributed by atoms with Crippen LogP contribution in [0.5, 0.6) is 0 Å². The minimum absolute atomic E-state index is 0.00738. The van der Waals surface area contributed by atoms with Gasteiger partial charge in [0.05, 0.1) is 5.02 Å². The summed E-state index contributed by atoms with van der Waals surface area (Å²) in [7, 11) is 0. The molecule has 0 aliphatic heterocycles. The van der Waals surface area contributed by atoms with Crippen LogP contribution in [0, 0.1) is 5.82 Å². The Labute approximate surface area is 135 Å². The summed E-state index contributed by atoms with van der Waals surface area (Å²) >= 11 is 9.30. The molecule has 0 bridgehead atoms. The molecule has 3 aromatic rings. The van der Waals surface area contributed by atoms with Gasteiger partial charge in [0.25, 0.3) is 0 Å². The molecule has 1 N–H and O–H groups in total. The summed E-state index contributed by atoms with van der Waals surface area (Å²) in [4.78, 5) is 0. The van der Waals surface area contributed by atoms with Crippen molar-refractivity contribution in [1.29, 1.82) is 0 Å². The molecule has 21 heavy (non-hydrogen) atoms. The van der Waals surface area contributed by atoms with Crippen LogP contribution in [0.2, 0.25) is 5.02 Å². The first-order valence-electron chi connectivity index (χ1n) is 6.38. The Bertz CT molecular complexity index is 819. The maximum Gasteiger partial charge on any atom is 0.141 e. The molecule has 3 aromatic carbocycles. The lowest BCUT2D eigenvalue weighted by molar-refractivity contribution is 0.222. The maximum atomic E-state index is 13.3. The molecule has 0 spiro atoms. The molecule has 4 heteroatoms. The Morgan fingerprint density at radius 2 is 1.71 bits per heavy atom. The highest BCUT2D eigenvalue weighted by Crippen LogP contribution is 2.33. The molecule has 3 rings (SSSR count). The Kier molecular flexibility index (Phi) is 3.98. The van der Waals surface area contributed by atoms with Crippen molar-refractivity contribution in [2.45, 2.75) is 6.10 Å². The van der Waals surface area contributed by atoms with E-state index < -0.39 is 11.9 Å². The number of aliphatic hydroxyl groups is 1. The van der Waals surface area contributed by atoms with Crippen LogP contribution in [0.4, 0.5) is 4.39 Å². The fraction of sp³-hybridized carbons (Fsp3) is 0.0588. The molecule has 0 fully saturated rings. The van der Waals surface area contributed by atoms with Gasteiger partial charge in [-0.3, -0.25) is 0 Å². The molecular formula is C17H11BrClFO. The third kappa shape index (κ3) is 2.69. The van der Waals surface area contributed by atoms with Crippen molar-refractivity contribution in [3.8, 4) is 0 Å². The fourth-order valence-electron chi connectivity index (χ4n) is 2.39. The SMILES string of the molecule is OC(c1ccc(F)c(Cl)c1)c1ccc(Br)c2ccccc12. The van der Waals surface area contributed by atoms with Gasteiger partial charge in [0.15, 0.2) is 0 Å². The van der Waals surface area contributed by atoms with Gasteiger partial charge < -0.3 is 5.11 Å². The fourth-order valence-corrected chi connectivity index (χ4v) is 3.05. The summed E-state index contributed by atoms with van der Waals surface area (Å²) in [6, 6.07) is 15.8. The van der Waals surface area contributed by atoms with Crippen molar-refractivity contribution in [3.05, 3.63) is 81.0 Å². The number of fused-ring (bicyclic) bond motifs is 1. The first-order chi connectivity index (χ1) is 10.1. The molecule has 0 heterocycles. The van der Waals surface area contributed by atoms with Gasteiger partial charge >= 0.3 is 0 Å². The van der Waals surface area contributed by atoms with Crippen LogP contribution in [-0.2, 0) is 0 Å². The van der Waals surface area contributed by atoms with Crippen molar-refractivity contribution in [3.63, 3.8) is 0 Å². The molecule has 106 valence electrons. The van der Waals surface area contributed by atoms with Crippen molar-refractivity contribution < 1.29 is 9.50 Å². The molecule has 1 nitrogen and oxygen atoms in total. The second kappa shape index (κ2) is 5.76. The topological polar surface area (TPSA) is 20.2 Å². The first-order valence-corrected chi connectivity index (χ1v) is 7.55. The summed E-state index contributed by atoms with van der Waals surface area (Å²) < 4.78 is 14.2. The third-order valence-corrected chi connectivity index (χ3v) is 4.44. The van der Waals surface area contributed by atoms with Crippen LogP contribution < -0.4 is 0 Å². The summed E-state index contributed by atoms with van der Waals surface area (Å²) in [6.45, 7) is 0. The van der Waals surface area contributed by atoms with E-state index in [0.29, 0.717) is 5.56 Å². The molecule has 1 atom stereocenters. The first kappa shape index (κ1) is 14.5. The molecule has 1 unspecified atom stereocenters. The Hall–Kier alpha value is -1.42. The second-order valence-corrected chi connectivity index (χ2v) is 6.02. The smallest absolute Gasteiger partial charge is 0.141 e. The van der Waals surface area contributed by atoms with Gasteiger partial charge in [-0.1, -0.05) is 63.9 Å². The van der Waals surface area contributed by atoms with Crippen LogP contribution in [0.25, 0.3) is 10.8 Å². The second-order valence-electron chi connectivity index (χ2n) is 4.76. The number of aliphatic hydroxyl groups excluding tert-OH is 1. The highest BCUT2D eigenvalue weighted by atomic mass is 79.9. The van der Waals surface area contributed by atoms with Crippen molar-refractivity contribution >= 4 is 38.3 Å².